The number of carbonyl (C=O) groups is 1. The van der Waals surface area contributed by atoms with Gasteiger partial charge in [-0.25, -0.2) is 4.79 Å². The van der Waals surface area contributed by atoms with Gasteiger partial charge in [0.1, 0.15) is 5.58 Å². The number of carbonyl (C=O) groups excluding carboxylic acids is 1. The van der Waals surface area contributed by atoms with Crippen molar-refractivity contribution >= 4 is 32.9 Å². The summed E-state index contributed by atoms with van der Waals surface area (Å²) in [5.41, 5.74) is 0.963. The van der Waals surface area contributed by atoms with E-state index in [1.54, 1.807) is 6.07 Å². The maximum absolute atomic E-state index is 11.7. The first-order valence-electron chi connectivity index (χ1n) is 6.55. The number of esters is 1. The molecular weight excluding hydrogens is 338 g/mol. The molecule has 2 rings (SSSR count). The zero-order chi connectivity index (χ0) is 15.4. The van der Waals surface area contributed by atoms with Crippen molar-refractivity contribution in [3.63, 3.8) is 0 Å². The van der Waals surface area contributed by atoms with Gasteiger partial charge in [-0.1, -0.05) is 22.9 Å². The van der Waals surface area contributed by atoms with Gasteiger partial charge >= 0.3 is 11.6 Å². The summed E-state index contributed by atoms with van der Waals surface area (Å²) in [6.45, 7) is 3.29. The number of nitrogens with zero attached hydrogens (tertiary/aromatic N) is 1. The van der Waals surface area contributed by atoms with Gasteiger partial charge in [0.05, 0.1) is 13.7 Å². The molecule has 112 valence electrons. The van der Waals surface area contributed by atoms with Crippen LogP contribution in [0.15, 0.2) is 37.9 Å². The summed E-state index contributed by atoms with van der Waals surface area (Å²) in [7, 11) is 1.36. The average molecular weight is 354 g/mol. The van der Waals surface area contributed by atoms with E-state index in [-0.39, 0.29) is 12.5 Å². The normalized spacial score (nSPS) is 11.0. The van der Waals surface area contributed by atoms with Crippen molar-refractivity contribution in [1.29, 1.82) is 0 Å². The number of rotatable bonds is 5. The number of hydrogen-bond acceptors (Lipinski definition) is 5. The van der Waals surface area contributed by atoms with Crippen molar-refractivity contribution in [2.75, 3.05) is 20.2 Å². The number of benzene rings is 1. The van der Waals surface area contributed by atoms with Gasteiger partial charge in [0.15, 0.2) is 0 Å². The van der Waals surface area contributed by atoms with Crippen LogP contribution in [-0.4, -0.2) is 31.1 Å². The molecule has 0 saturated carbocycles. The number of likely N-dealkylation sites (N-methyl/N-ethyl adjacent to an activating group) is 1. The molecule has 0 atom stereocenters. The molecular formula is C15H16BrNO4. The highest BCUT2D eigenvalue weighted by Gasteiger charge is 2.13. The molecule has 0 unspecified atom stereocenters. The fraction of sp³-hybridized carbons (Fsp3) is 0.333. The second-order valence-electron chi connectivity index (χ2n) is 4.61. The van der Waals surface area contributed by atoms with Gasteiger partial charge in [0.25, 0.3) is 0 Å². The fourth-order valence-corrected chi connectivity index (χ4v) is 2.44. The zero-order valence-corrected chi connectivity index (χ0v) is 13.5. The molecule has 0 aliphatic heterocycles. The van der Waals surface area contributed by atoms with Crippen molar-refractivity contribution in [3.05, 3.63) is 44.7 Å². The second-order valence-corrected chi connectivity index (χ2v) is 5.53. The molecule has 0 saturated heterocycles. The molecule has 0 aliphatic rings. The van der Waals surface area contributed by atoms with E-state index in [1.165, 1.54) is 13.2 Å². The van der Waals surface area contributed by atoms with Gasteiger partial charge in [0, 0.05) is 22.5 Å². The van der Waals surface area contributed by atoms with Crippen LogP contribution in [-0.2, 0) is 16.1 Å². The molecule has 1 aromatic heterocycles. The molecule has 0 fully saturated rings. The van der Waals surface area contributed by atoms with Crippen LogP contribution in [0, 0.1) is 0 Å². The van der Waals surface area contributed by atoms with Gasteiger partial charge in [-0.3, -0.25) is 9.69 Å². The summed E-state index contributed by atoms with van der Waals surface area (Å²) in [5.74, 6) is -0.299. The lowest BCUT2D eigenvalue weighted by molar-refractivity contribution is -0.142. The SMILES string of the molecule is CCN(CC(=O)OC)Cc1cc(=O)oc2cc(Br)ccc12. The Hall–Kier alpha value is -1.66. The van der Waals surface area contributed by atoms with Crippen LogP contribution in [0.2, 0.25) is 0 Å². The Morgan fingerprint density at radius 3 is 2.81 bits per heavy atom. The summed E-state index contributed by atoms with van der Waals surface area (Å²) in [5, 5.41) is 0.862. The Kier molecular flexibility index (Phi) is 5.14. The highest BCUT2D eigenvalue weighted by Crippen LogP contribution is 2.22. The summed E-state index contributed by atoms with van der Waals surface area (Å²) >= 11 is 3.35. The molecule has 0 spiro atoms. The Bertz CT molecular complexity index is 710. The Morgan fingerprint density at radius 1 is 1.38 bits per heavy atom. The first kappa shape index (κ1) is 15.7. The number of ether oxygens (including phenoxy) is 1. The van der Waals surface area contributed by atoms with Crippen LogP contribution in [0.3, 0.4) is 0 Å². The van der Waals surface area contributed by atoms with Gasteiger partial charge in [-0.05, 0) is 30.3 Å². The maximum Gasteiger partial charge on any atom is 0.336 e. The van der Waals surface area contributed by atoms with Crippen LogP contribution >= 0.6 is 15.9 Å². The first-order chi connectivity index (χ1) is 10.0. The monoisotopic (exact) mass is 353 g/mol. The molecule has 0 bridgehead atoms. The quantitative estimate of drug-likeness (QED) is 0.610. The third kappa shape index (κ3) is 3.92. The highest BCUT2D eigenvalue weighted by molar-refractivity contribution is 9.10. The molecule has 0 N–H and O–H groups in total. The Morgan fingerprint density at radius 2 is 2.14 bits per heavy atom. The van der Waals surface area contributed by atoms with E-state index in [2.05, 4.69) is 20.7 Å². The average Bonchev–Trinajstić information content (AvgIpc) is 2.45. The molecule has 1 heterocycles. The zero-order valence-electron chi connectivity index (χ0n) is 11.9. The molecule has 2 aromatic rings. The summed E-state index contributed by atoms with van der Waals surface area (Å²) in [6, 6.07) is 7.01. The van der Waals surface area contributed by atoms with Crippen LogP contribution in [0.1, 0.15) is 12.5 Å². The molecule has 21 heavy (non-hydrogen) atoms. The minimum Gasteiger partial charge on any atom is -0.468 e. The Labute approximate surface area is 130 Å². The largest absolute Gasteiger partial charge is 0.468 e. The van der Waals surface area contributed by atoms with Crippen LogP contribution < -0.4 is 5.63 Å². The van der Waals surface area contributed by atoms with E-state index < -0.39 is 5.63 Å². The lowest BCUT2D eigenvalue weighted by Gasteiger charge is -2.19. The molecule has 6 heteroatoms. The standard InChI is InChI=1S/C15H16BrNO4/c1-3-17(9-15(19)20-2)8-10-6-14(18)21-13-7-11(16)4-5-12(10)13/h4-7H,3,8-9H2,1-2H3. The summed E-state index contributed by atoms with van der Waals surface area (Å²) in [4.78, 5) is 25.0. The van der Waals surface area contributed by atoms with Crippen molar-refractivity contribution in [1.82, 2.24) is 4.90 Å². The molecule has 5 nitrogen and oxygen atoms in total. The minimum atomic E-state index is -0.398. The van der Waals surface area contributed by atoms with Gasteiger partial charge in [-0.2, -0.15) is 0 Å². The number of fused-ring (bicyclic) bond motifs is 1. The van der Waals surface area contributed by atoms with Crippen LogP contribution in [0.25, 0.3) is 11.0 Å². The number of methoxy groups -OCH3 is 1. The van der Waals surface area contributed by atoms with Gasteiger partial charge < -0.3 is 9.15 Å². The minimum absolute atomic E-state index is 0.186. The predicted molar refractivity (Wildman–Crippen MR) is 83.2 cm³/mol. The molecule has 0 aliphatic carbocycles. The van der Waals surface area contributed by atoms with Crippen molar-refractivity contribution in [2.45, 2.75) is 13.5 Å². The van der Waals surface area contributed by atoms with E-state index in [4.69, 9.17) is 4.42 Å². The van der Waals surface area contributed by atoms with E-state index in [1.807, 2.05) is 24.0 Å². The van der Waals surface area contributed by atoms with Gasteiger partial charge in [0.2, 0.25) is 0 Å². The first-order valence-corrected chi connectivity index (χ1v) is 7.34. The predicted octanol–water partition coefficient (Wildman–Crippen LogP) is 2.55. The summed E-state index contributed by atoms with van der Waals surface area (Å²) < 4.78 is 10.7. The topological polar surface area (TPSA) is 59.8 Å². The molecule has 0 amide bonds. The van der Waals surface area contributed by atoms with E-state index >= 15 is 0 Å². The van der Waals surface area contributed by atoms with Crippen LogP contribution in [0.4, 0.5) is 0 Å². The second kappa shape index (κ2) is 6.87. The maximum atomic E-state index is 11.7. The van der Waals surface area contributed by atoms with Crippen molar-refractivity contribution in [2.24, 2.45) is 0 Å². The number of hydrogen-bond donors (Lipinski definition) is 0. The summed E-state index contributed by atoms with van der Waals surface area (Å²) in [6.07, 6.45) is 0. The van der Waals surface area contributed by atoms with Gasteiger partial charge in [-0.15, -0.1) is 0 Å². The smallest absolute Gasteiger partial charge is 0.336 e. The van der Waals surface area contributed by atoms with E-state index in [9.17, 15) is 9.59 Å². The third-order valence-electron chi connectivity index (χ3n) is 3.21. The third-order valence-corrected chi connectivity index (χ3v) is 3.71. The Balaban J connectivity index is 2.36. The molecule has 0 radical (unpaired) electrons. The van der Waals surface area contributed by atoms with Crippen LogP contribution in [0.5, 0.6) is 0 Å². The lowest BCUT2D eigenvalue weighted by Crippen LogP contribution is -2.30. The fourth-order valence-electron chi connectivity index (χ4n) is 2.10. The van der Waals surface area contributed by atoms with E-state index in [0.717, 1.165) is 15.4 Å². The molecule has 1 aromatic carbocycles. The van der Waals surface area contributed by atoms with E-state index in [0.29, 0.717) is 18.7 Å². The van der Waals surface area contributed by atoms with Crippen molar-refractivity contribution < 1.29 is 13.9 Å². The highest BCUT2D eigenvalue weighted by atomic mass is 79.9. The number of halogens is 1. The van der Waals surface area contributed by atoms with Crippen molar-refractivity contribution in [3.8, 4) is 0 Å². The lowest BCUT2D eigenvalue weighted by atomic mass is 10.1.